The van der Waals surface area contributed by atoms with Crippen molar-refractivity contribution in [2.24, 2.45) is 0 Å². The highest BCUT2D eigenvalue weighted by atomic mass is 35.5. The molecule has 6 heteroatoms. The summed E-state index contributed by atoms with van der Waals surface area (Å²) < 4.78 is 9.77. The molecule has 1 aromatic carbocycles. The first-order valence-electron chi connectivity index (χ1n) is 5.37. The summed E-state index contributed by atoms with van der Waals surface area (Å²) in [6.07, 6.45) is 0. The SMILES string of the molecule is COCC(Cl)CNC(=O)c1cccc(OC)c1O. The molecular formula is C12H16ClNO4. The van der Waals surface area contributed by atoms with E-state index in [0.29, 0.717) is 6.61 Å². The molecule has 0 aliphatic rings. The number of amides is 1. The number of rotatable bonds is 6. The van der Waals surface area contributed by atoms with Crippen molar-refractivity contribution in [3.8, 4) is 11.5 Å². The van der Waals surface area contributed by atoms with Gasteiger partial charge in [-0.15, -0.1) is 11.6 Å². The normalized spacial score (nSPS) is 11.9. The number of hydrogen-bond donors (Lipinski definition) is 2. The van der Waals surface area contributed by atoms with E-state index in [9.17, 15) is 9.90 Å². The highest BCUT2D eigenvalue weighted by Gasteiger charge is 2.15. The van der Waals surface area contributed by atoms with Crippen molar-refractivity contribution < 1.29 is 19.4 Å². The number of carbonyl (C=O) groups excluding carboxylic acids is 1. The number of nitrogens with one attached hydrogen (secondary N) is 1. The molecule has 0 spiro atoms. The average Bonchev–Trinajstić information content (AvgIpc) is 2.36. The number of ether oxygens (including phenoxy) is 2. The summed E-state index contributed by atoms with van der Waals surface area (Å²) in [6, 6.07) is 4.70. The smallest absolute Gasteiger partial charge is 0.255 e. The fourth-order valence-corrected chi connectivity index (χ4v) is 1.61. The van der Waals surface area contributed by atoms with Crippen LogP contribution in [0.15, 0.2) is 18.2 Å². The van der Waals surface area contributed by atoms with E-state index in [1.165, 1.54) is 20.3 Å². The molecule has 0 heterocycles. The molecule has 0 saturated carbocycles. The predicted octanol–water partition coefficient (Wildman–Crippen LogP) is 1.38. The number of carbonyl (C=O) groups is 1. The minimum atomic E-state index is -0.409. The van der Waals surface area contributed by atoms with Crippen LogP contribution in [-0.2, 0) is 4.74 Å². The number of methoxy groups -OCH3 is 2. The van der Waals surface area contributed by atoms with Gasteiger partial charge in [-0.3, -0.25) is 4.79 Å². The molecule has 0 aliphatic heterocycles. The molecule has 0 aromatic heterocycles. The minimum absolute atomic E-state index is 0.149. The molecule has 5 nitrogen and oxygen atoms in total. The fraction of sp³-hybridized carbons (Fsp3) is 0.417. The van der Waals surface area contributed by atoms with Gasteiger partial charge in [0.2, 0.25) is 0 Å². The molecule has 1 unspecified atom stereocenters. The third-order valence-electron chi connectivity index (χ3n) is 2.30. The summed E-state index contributed by atoms with van der Waals surface area (Å²) in [7, 11) is 2.95. The maximum absolute atomic E-state index is 11.8. The number of halogens is 1. The molecular weight excluding hydrogens is 258 g/mol. The summed E-state index contributed by atoms with van der Waals surface area (Å²) in [5, 5.41) is 12.1. The second-order valence-electron chi connectivity index (χ2n) is 3.62. The van der Waals surface area contributed by atoms with E-state index in [4.69, 9.17) is 21.1 Å². The monoisotopic (exact) mass is 273 g/mol. The van der Waals surface area contributed by atoms with Crippen LogP contribution in [0.5, 0.6) is 11.5 Å². The van der Waals surface area contributed by atoms with E-state index >= 15 is 0 Å². The number of hydrogen-bond acceptors (Lipinski definition) is 4. The third kappa shape index (κ3) is 3.78. The van der Waals surface area contributed by atoms with E-state index in [0.717, 1.165) is 0 Å². The van der Waals surface area contributed by atoms with Crippen molar-refractivity contribution in [3.63, 3.8) is 0 Å². The van der Waals surface area contributed by atoms with Crippen molar-refractivity contribution in [2.75, 3.05) is 27.4 Å². The highest BCUT2D eigenvalue weighted by Crippen LogP contribution is 2.29. The van der Waals surface area contributed by atoms with E-state index in [2.05, 4.69) is 5.32 Å². The van der Waals surface area contributed by atoms with Crippen LogP contribution in [-0.4, -0.2) is 43.8 Å². The molecule has 0 aliphatic carbocycles. The lowest BCUT2D eigenvalue weighted by atomic mass is 10.1. The summed E-state index contributed by atoms with van der Waals surface area (Å²) in [5.41, 5.74) is 0.149. The molecule has 1 rings (SSSR count). The Labute approximate surface area is 111 Å². The van der Waals surface area contributed by atoms with Gasteiger partial charge in [0.05, 0.1) is 24.7 Å². The summed E-state index contributed by atoms with van der Waals surface area (Å²) in [6.45, 7) is 0.594. The van der Waals surface area contributed by atoms with Gasteiger partial charge in [-0.2, -0.15) is 0 Å². The molecule has 1 amide bonds. The van der Waals surface area contributed by atoms with E-state index < -0.39 is 5.91 Å². The van der Waals surface area contributed by atoms with E-state index in [-0.39, 0.29) is 29.0 Å². The molecule has 1 atom stereocenters. The van der Waals surface area contributed by atoms with Gasteiger partial charge in [-0.25, -0.2) is 0 Å². The zero-order valence-electron chi connectivity index (χ0n) is 10.3. The number of phenols is 1. The molecule has 0 saturated heterocycles. The van der Waals surface area contributed by atoms with Crippen molar-refractivity contribution >= 4 is 17.5 Å². The summed E-state index contributed by atoms with van der Waals surface area (Å²) in [4.78, 5) is 11.8. The van der Waals surface area contributed by atoms with Crippen LogP contribution in [0.4, 0.5) is 0 Å². The van der Waals surface area contributed by atoms with Crippen LogP contribution in [0.3, 0.4) is 0 Å². The van der Waals surface area contributed by atoms with Gasteiger partial charge in [0.25, 0.3) is 5.91 Å². The molecule has 1 aromatic rings. The predicted molar refractivity (Wildman–Crippen MR) is 68.5 cm³/mol. The Kier molecular flexibility index (Phi) is 5.74. The van der Waals surface area contributed by atoms with Crippen LogP contribution in [0, 0.1) is 0 Å². The van der Waals surface area contributed by atoms with Crippen LogP contribution in [0.2, 0.25) is 0 Å². The van der Waals surface area contributed by atoms with Gasteiger partial charge >= 0.3 is 0 Å². The molecule has 0 bridgehead atoms. The first kappa shape index (κ1) is 14.6. The zero-order valence-corrected chi connectivity index (χ0v) is 11.0. The van der Waals surface area contributed by atoms with Gasteiger partial charge < -0.3 is 19.9 Å². The lowest BCUT2D eigenvalue weighted by Crippen LogP contribution is -2.31. The number of para-hydroxylation sites is 1. The summed E-state index contributed by atoms with van der Waals surface area (Å²) in [5.74, 6) is -0.342. The van der Waals surface area contributed by atoms with Gasteiger partial charge in [0, 0.05) is 13.7 Å². The second-order valence-corrected chi connectivity index (χ2v) is 4.24. The van der Waals surface area contributed by atoms with Crippen molar-refractivity contribution in [3.05, 3.63) is 23.8 Å². The van der Waals surface area contributed by atoms with Crippen LogP contribution < -0.4 is 10.1 Å². The topological polar surface area (TPSA) is 67.8 Å². The van der Waals surface area contributed by atoms with Crippen molar-refractivity contribution in [1.29, 1.82) is 0 Å². The number of aromatic hydroxyl groups is 1. The third-order valence-corrected chi connectivity index (χ3v) is 2.58. The summed E-state index contributed by atoms with van der Waals surface area (Å²) >= 11 is 5.88. The molecule has 18 heavy (non-hydrogen) atoms. The van der Waals surface area contributed by atoms with Crippen LogP contribution >= 0.6 is 11.6 Å². The number of phenolic OH excluding ortho intramolecular Hbond substituents is 1. The fourth-order valence-electron chi connectivity index (χ4n) is 1.41. The van der Waals surface area contributed by atoms with Crippen LogP contribution in [0.25, 0.3) is 0 Å². The average molecular weight is 274 g/mol. The Morgan fingerprint density at radius 3 is 2.83 bits per heavy atom. The molecule has 0 fully saturated rings. The molecule has 0 radical (unpaired) electrons. The first-order chi connectivity index (χ1) is 8.60. The Hall–Kier alpha value is -1.46. The maximum atomic E-state index is 11.8. The Morgan fingerprint density at radius 1 is 1.50 bits per heavy atom. The van der Waals surface area contributed by atoms with E-state index in [1.54, 1.807) is 12.1 Å². The Bertz CT molecular complexity index is 411. The minimum Gasteiger partial charge on any atom is -0.504 e. The molecule has 2 N–H and O–H groups in total. The molecule has 100 valence electrons. The van der Waals surface area contributed by atoms with Gasteiger partial charge in [-0.05, 0) is 12.1 Å². The van der Waals surface area contributed by atoms with Crippen molar-refractivity contribution in [1.82, 2.24) is 5.32 Å². The van der Waals surface area contributed by atoms with Gasteiger partial charge in [-0.1, -0.05) is 6.07 Å². The second kappa shape index (κ2) is 7.08. The first-order valence-corrected chi connectivity index (χ1v) is 5.81. The lowest BCUT2D eigenvalue weighted by molar-refractivity contribution is 0.0946. The Balaban J connectivity index is 2.67. The van der Waals surface area contributed by atoms with Crippen molar-refractivity contribution in [2.45, 2.75) is 5.38 Å². The maximum Gasteiger partial charge on any atom is 0.255 e. The number of benzene rings is 1. The van der Waals surface area contributed by atoms with Crippen LogP contribution in [0.1, 0.15) is 10.4 Å². The zero-order chi connectivity index (χ0) is 13.5. The quantitative estimate of drug-likeness (QED) is 0.769. The largest absolute Gasteiger partial charge is 0.504 e. The number of alkyl halides is 1. The van der Waals surface area contributed by atoms with Gasteiger partial charge in [0.15, 0.2) is 11.5 Å². The Morgan fingerprint density at radius 2 is 2.22 bits per heavy atom. The van der Waals surface area contributed by atoms with Gasteiger partial charge in [0.1, 0.15) is 0 Å². The standard InChI is InChI=1S/C12H16ClNO4/c1-17-7-8(13)6-14-12(16)9-4-3-5-10(18-2)11(9)15/h3-5,8,15H,6-7H2,1-2H3,(H,14,16). The van der Waals surface area contributed by atoms with E-state index in [1.807, 2.05) is 0 Å². The highest BCUT2D eigenvalue weighted by molar-refractivity contribution is 6.21. The lowest BCUT2D eigenvalue weighted by Gasteiger charge is -2.11.